The van der Waals surface area contributed by atoms with Crippen LogP contribution in [0.15, 0.2) is 27.8 Å². The lowest BCUT2D eigenvalue weighted by molar-refractivity contribution is -0.149. The maximum Gasteiger partial charge on any atom is 0.336 e. The van der Waals surface area contributed by atoms with E-state index in [0.29, 0.717) is 4.47 Å². The van der Waals surface area contributed by atoms with Crippen LogP contribution in [0.25, 0.3) is 0 Å². The molecule has 0 aliphatic rings. The molecule has 0 saturated heterocycles. The molecule has 1 atom stereocenters. The lowest BCUT2D eigenvalue weighted by Crippen LogP contribution is -2.37. The molecule has 1 unspecified atom stereocenters. The number of sulfonamides is 1. The molecular formula is C9H11BrN2O5S. The summed E-state index contributed by atoms with van der Waals surface area (Å²) in [5.41, 5.74) is 0. The zero-order valence-electron chi connectivity index (χ0n) is 9.33. The normalized spacial score (nSPS) is 13.1. The Morgan fingerprint density at radius 1 is 1.61 bits per heavy atom. The minimum Gasteiger partial charge on any atom is -0.467 e. The number of ether oxygens (including phenoxy) is 1. The topological polar surface area (TPSA) is 106 Å². The highest BCUT2D eigenvalue weighted by Gasteiger charge is 2.20. The number of hydrogen-bond donors (Lipinski definition) is 2. The molecule has 7 nitrogen and oxygen atoms in total. The van der Waals surface area contributed by atoms with Crippen molar-refractivity contribution in [2.24, 2.45) is 0 Å². The molecule has 9 heteroatoms. The Morgan fingerprint density at radius 3 is 2.83 bits per heavy atom. The molecule has 18 heavy (non-hydrogen) atoms. The Hall–Kier alpha value is -1.03. The summed E-state index contributed by atoms with van der Waals surface area (Å²) >= 11 is 3.09. The van der Waals surface area contributed by atoms with Gasteiger partial charge in [-0.1, -0.05) is 0 Å². The highest BCUT2D eigenvalue weighted by atomic mass is 79.9. The van der Waals surface area contributed by atoms with Crippen molar-refractivity contribution in [3.63, 3.8) is 0 Å². The van der Waals surface area contributed by atoms with Crippen LogP contribution in [-0.4, -0.2) is 44.2 Å². The average molecular weight is 339 g/mol. The number of esters is 1. The van der Waals surface area contributed by atoms with E-state index in [1.54, 1.807) is 0 Å². The molecule has 0 saturated carbocycles. The quantitative estimate of drug-likeness (QED) is 0.711. The third-order valence-corrected chi connectivity index (χ3v) is 3.75. The van der Waals surface area contributed by atoms with E-state index in [9.17, 15) is 18.3 Å². The Balaban J connectivity index is 2.75. The number of rotatable bonds is 5. The van der Waals surface area contributed by atoms with Crippen LogP contribution in [0.4, 0.5) is 0 Å². The van der Waals surface area contributed by atoms with Gasteiger partial charge in [0.25, 0.3) is 0 Å². The maximum atomic E-state index is 11.8. The molecule has 1 heterocycles. The van der Waals surface area contributed by atoms with Gasteiger partial charge in [-0.15, -0.1) is 0 Å². The molecule has 0 bridgehead atoms. The molecule has 0 radical (unpaired) electrons. The zero-order chi connectivity index (χ0) is 13.8. The third kappa shape index (κ3) is 4.02. The fourth-order valence-corrected chi connectivity index (χ4v) is 2.57. The Bertz CT molecular complexity index is 534. The number of halogens is 1. The van der Waals surface area contributed by atoms with E-state index in [-0.39, 0.29) is 4.90 Å². The summed E-state index contributed by atoms with van der Waals surface area (Å²) in [6.07, 6.45) is 1.03. The van der Waals surface area contributed by atoms with E-state index in [2.05, 4.69) is 30.4 Å². The summed E-state index contributed by atoms with van der Waals surface area (Å²) in [6, 6.07) is 1.35. The van der Waals surface area contributed by atoms with Crippen molar-refractivity contribution in [1.29, 1.82) is 0 Å². The molecule has 0 fully saturated rings. The number of carbonyl (C=O) groups excluding carboxylic acids is 1. The molecule has 0 aliphatic carbocycles. The van der Waals surface area contributed by atoms with Crippen molar-refractivity contribution in [3.05, 3.63) is 22.9 Å². The molecule has 1 rings (SSSR count). The van der Waals surface area contributed by atoms with Crippen LogP contribution in [0.3, 0.4) is 0 Å². The Labute approximate surface area is 112 Å². The molecule has 0 amide bonds. The fourth-order valence-electron chi connectivity index (χ4n) is 1.03. The van der Waals surface area contributed by atoms with Gasteiger partial charge in [-0.05, 0) is 22.0 Å². The highest BCUT2D eigenvalue weighted by molar-refractivity contribution is 9.10. The predicted molar refractivity (Wildman–Crippen MR) is 65.1 cm³/mol. The summed E-state index contributed by atoms with van der Waals surface area (Å²) < 4.78 is 30.4. The van der Waals surface area contributed by atoms with Crippen LogP contribution in [0, 0.1) is 0 Å². The van der Waals surface area contributed by atoms with Gasteiger partial charge >= 0.3 is 5.97 Å². The molecule has 0 aromatic carbocycles. The van der Waals surface area contributed by atoms with Gasteiger partial charge in [-0.3, -0.25) is 4.98 Å². The smallest absolute Gasteiger partial charge is 0.336 e. The van der Waals surface area contributed by atoms with Crippen LogP contribution in [0.2, 0.25) is 0 Å². The monoisotopic (exact) mass is 338 g/mol. The van der Waals surface area contributed by atoms with E-state index < -0.39 is 28.6 Å². The average Bonchev–Trinajstić information content (AvgIpc) is 2.35. The van der Waals surface area contributed by atoms with Crippen LogP contribution in [0.5, 0.6) is 0 Å². The van der Waals surface area contributed by atoms with Crippen LogP contribution < -0.4 is 4.72 Å². The van der Waals surface area contributed by atoms with Crippen molar-refractivity contribution in [3.8, 4) is 0 Å². The standard InChI is InChI=1S/C9H11BrN2O5S/c1-17-9(14)8(13)5-12-18(15,16)7-2-6(10)3-11-4-7/h2-4,8,12-13H,5H2,1H3. The number of aliphatic hydroxyl groups is 1. The van der Waals surface area contributed by atoms with E-state index in [4.69, 9.17) is 0 Å². The number of hydrogen-bond acceptors (Lipinski definition) is 6. The Morgan fingerprint density at radius 2 is 2.28 bits per heavy atom. The molecule has 2 N–H and O–H groups in total. The van der Waals surface area contributed by atoms with Crippen LogP contribution in [0.1, 0.15) is 0 Å². The number of carbonyl (C=O) groups is 1. The second-order valence-corrected chi connectivity index (χ2v) is 5.91. The second kappa shape index (κ2) is 6.23. The first-order valence-electron chi connectivity index (χ1n) is 4.73. The van der Waals surface area contributed by atoms with Gasteiger partial charge in [0, 0.05) is 23.4 Å². The fraction of sp³-hybridized carbons (Fsp3) is 0.333. The van der Waals surface area contributed by atoms with E-state index in [1.807, 2.05) is 0 Å². The van der Waals surface area contributed by atoms with E-state index >= 15 is 0 Å². The van der Waals surface area contributed by atoms with E-state index in [0.717, 1.165) is 13.3 Å². The molecule has 1 aromatic heterocycles. The first-order chi connectivity index (χ1) is 8.36. The SMILES string of the molecule is COC(=O)C(O)CNS(=O)(=O)c1cncc(Br)c1. The molecule has 1 aromatic rings. The highest BCUT2D eigenvalue weighted by Crippen LogP contribution is 2.13. The number of aliphatic hydroxyl groups excluding tert-OH is 1. The van der Waals surface area contributed by atoms with Gasteiger partial charge in [0.2, 0.25) is 10.0 Å². The lowest BCUT2D eigenvalue weighted by Gasteiger charge is -2.10. The van der Waals surface area contributed by atoms with E-state index in [1.165, 1.54) is 12.3 Å². The minimum absolute atomic E-state index is 0.0751. The van der Waals surface area contributed by atoms with Crippen molar-refractivity contribution in [2.45, 2.75) is 11.0 Å². The van der Waals surface area contributed by atoms with Crippen LogP contribution in [-0.2, 0) is 19.6 Å². The number of nitrogens with zero attached hydrogens (tertiary/aromatic N) is 1. The number of methoxy groups -OCH3 is 1. The maximum absolute atomic E-state index is 11.8. The number of aromatic nitrogens is 1. The zero-order valence-corrected chi connectivity index (χ0v) is 11.7. The molecule has 100 valence electrons. The van der Waals surface area contributed by atoms with Gasteiger partial charge in [0.15, 0.2) is 6.10 Å². The third-order valence-electron chi connectivity index (χ3n) is 1.93. The largest absolute Gasteiger partial charge is 0.467 e. The van der Waals surface area contributed by atoms with Gasteiger partial charge in [0.05, 0.1) is 7.11 Å². The summed E-state index contributed by atoms with van der Waals surface area (Å²) in [5.74, 6) is -0.912. The first kappa shape index (κ1) is 15.0. The summed E-state index contributed by atoms with van der Waals surface area (Å²) in [6.45, 7) is -0.471. The van der Waals surface area contributed by atoms with Gasteiger partial charge in [-0.2, -0.15) is 0 Å². The van der Waals surface area contributed by atoms with Crippen molar-refractivity contribution >= 4 is 31.9 Å². The van der Waals surface area contributed by atoms with Gasteiger partial charge in [-0.25, -0.2) is 17.9 Å². The van der Waals surface area contributed by atoms with Gasteiger partial charge < -0.3 is 9.84 Å². The first-order valence-corrected chi connectivity index (χ1v) is 7.00. The lowest BCUT2D eigenvalue weighted by atomic mass is 10.4. The minimum atomic E-state index is -3.83. The molecule has 0 spiro atoms. The van der Waals surface area contributed by atoms with Gasteiger partial charge in [0.1, 0.15) is 4.90 Å². The van der Waals surface area contributed by atoms with Crippen molar-refractivity contribution in [2.75, 3.05) is 13.7 Å². The van der Waals surface area contributed by atoms with Crippen LogP contribution >= 0.6 is 15.9 Å². The molecule has 0 aliphatic heterocycles. The summed E-state index contributed by atoms with van der Waals surface area (Å²) in [5, 5.41) is 9.26. The Kier molecular flexibility index (Phi) is 5.20. The van der Waals surface area contributed by atoms with Crippen molar-refractivity contribution in [1.82, 2.24) is 9.71 Å². The number of pyridine rings is 1. The summed E-state index contributed by atoms with van der Waals surface area (Å²) in [7, 11) is -2.73. The predicted octanol–water partition coefficient (Wildman–Crippen LogP) is -0.344. The summed E-state index contributed by atoms with van der Waals surface area (Å²) in [4.78, 5) is 14.5. The molecular weight excluding hydrogens is 328 g/mol. The van der Waals surface area contributed by atoms with Crippen molar-refractivity contribution < 1.29 is 23.1 Å². The number of nitrogens with one attached hydrogen (secondary N) is 1. The second-order valence-electron chi connectivity index (χ2n) is 3.23.